The zero-order valence-electron chi connectivity index (χ0n) is 17.1. The van der Waals surface area contributed by atoms with Gasteiger partial charge >= 0.3 is 7.12 Å². The zero-order valence-corrected chi connectivity index (χ0v) is 18.0. The lowest BCUT2D eigenvalue weighted by Crippen LogP contribution is -2.41. The molecule has 0 amide bonds. The van der Waals surface area contributed by atoms with Crippen LogP contribution in [0.5, 0.6) is 0 Å². The monoisotopic (exact) mass is 396 g/mol. The van der Waals surface area contributed by atoms with Crippen LogP contribution in [0, 0.1) is 6.92 Å². The van der Waals surface area contributed by atoms with Crippen molar-refractivity contribution < 1.29 is 9.31 Å². The van der Waals surface area contributed by atoms with Gasteiger partial charge in [0, 0.05) is 35.2 Å². The minimum Gasteiger partial charge on any atom is -0.399 e. The number of fused-ring (bicyclic) bond motifs is 1. The Balaban J connectivity index is 1.80. The molecule has 28 heavy (non-hydrogen) atoms. The highest BCUT2D eigenvalue weighted by Crippen LogP contribution is 2.37. The Morgan fingerprint density at radius 2 is 1.61 bits per heavy atom. The van der Waals surface area contributed by atoms with Crippen LogP contribution in [0.3, 0.4) is 0 Å². The van der Waals surface area contributed by atoms with E-state index in [0.717, 1.165) is 15.7 Å². The molecule has 1 saturated heterocycles. The van der Waals surface area contributed by atoms with Gasteiger partial charge in [-0.3, -0.25) is 8.77 Å². The quantitative estimate of drug-likeness (QED) is 0.636. The van der Waals surface area contributed by atoms with E-state index in [1.807, 2.05) is 50.1 Å². The summed E-state index contributed by atoms with van der Waals surface area (Å²) in [6, 6.07) is 10.2. The fraction of sp³-hybridized carbons (Fsp3) is 0.381. The van der Waals surface area contributed by atoms with Crippen molar-refractivity contribution in [2.45, 2.75) is 50.7 Å². The lowest BCUT2D eigenvalue weighted by molar-refractivity contribution is 0.00578. The molecule has 1 aliphatic rings. The Morgan fingerprint density at radius 3 is 2.21 bits per heavy atom. The summed E-state index contributed by atoms with van der Waals surface area (Å²) < 4.78 is 16.0. The second kappa shape index (κ2) is 6.54. The molecule has 2 aromatic heterocycles. The second-order valence-electron chi connectivity index (χ2n) is 8.40. The van der Waals surface area contributed by atoms with Gasteiger partial charge in [-0.1, -0.05) is 17.7 Å². The van der Waals surface area contributed by atoms with E-state index in [4.69, 9.17) is 9.31 Å². The van der Waals surface area contributed by atoms with Gasteiger partial charge in [0.25, 0.3) is 5.56 Å². The molecule has 0 aliphatic carbocycles. The molecule has 7 heteroatoms. The van der Waals surface area contributed by atoms with Crippen molar-refractivity contribution in [3.8, 4) is 0 Å². The maximum absolute atomic E-state index is 12.9. The van der Waals surface area contributed by atoms with Gasteiger partial charge in [0.05, 0.1) is 11.2 Å². The molecule has 3 aromatic rings. The molecular formula is C21H25BN2O3S. The van der Waals surface area contributed by atoms with Gasteiger partial charge in [0.15, 0.2) is 0 Å². The molecule has 0 unspecified atom stereocenters. The fourth-order valence-electron chi connectivity index (χ4n) is 3.31. The minimum atomic E-state index is -0.514. The third-order valence-electron chi connectivity index (χ3n) is 5.75. The van der Waals surface area contributed by atoms with Crippen LogP contribution >= 0.6 is 11.9 Å². The first-order valence-electron chi connectivity index (χ1n) is 9.40. The number of nitrogens with zero attached hydrogens (tertiary/aromatic N) is 2. The number of benzene rings is 1. The molecule has 0 N–H and O–H groups in total. The van der Waals surface area contributed by atoms with E-state index < -0.39 is 18.3 Å². The van der Waals surface area contributed by atoms with Crippen LogP contribution in [0.25, 0.3) is 10.9 Å². The van der Waals surface area contributed by atoms with Crippen LogP contribution in [-0.2, 0) is 16.4 Å². The Labute approximate surface area is 169 Å². The van der Waals surface area contributed by atoms with Crippen molar-refractivity contribution in [2.24, 2.45) is 7.05 Å². The lowest BCUT2D eigenvalue weighted by atomic mass is 9.78. The summed E-state index contributed by atoms with van der Waals surface area (Å²) >= 11 is 1.53. The maximum Gasteiger partial charge on any atom is 0.497 e. The van der Waals surface area contributed by atoms with Gasteiger partial charge in [0.1, 0.15) is 5.52 Å². The summed E-state index contributed by atoms with van der Waals surface area (Å²) in [6.07, 6.45) is 3.76. The summed E-state index contributed by atoms with van der Waals surface area (Å²) in [5, 5.41) is 0.862. The Kier molecular flexibility index (Phi) is 4.52. The molecular weight excluding hydrogens is 371 g/mol. The molecule has 1 aromatic carbocycles. The summed E-state index contributed by atoms with van der Waals surface area (Å²) in [5.74, 6) is 0. The molecule has 146 valence electrons. The van der Waals surface area contributed by atoms with Gasteiger partial charge < -0.3 is 13.9 Å². The van der Waals surface area contributed by atoms with E-state index in [0.29, 0.717) is 5.52 Å². The Bertz CT molecular complexity index is 1080. The van der Waals surface area contributed by atoms with Crippen LogP contribution in [-0.4, -0.2) is 26.9 Å². The number of aromatic nitrogens is 2. The molecule has 4 rings (SSSR count). The van der Waals surface area contributed by atoms with E-state index in [2.05, 4.69) is 31.2 Å². The third-order valence-corrected chi connectivity index (χ3v) is 6.73. The Morgan fingerprint density at radius 1 is 1.00 bits per heavy atom. The number of rotatable bonds is 3. The average molecular weight is 396 g/mol. The van der Waals surface area contributed by atoms with Crippen LogP contribution < -0.4 is 11.0 Å². The van der Waals surface area contributed by atoms with Gasteiger partial charge in [-0.2, -0.15) is 0 Å². The van der Waals surface area contributed by atoms with E-state index >= 15 is 0 Å². The first-order chi connectivity index (χ1) is 13.1. The normalized spacial score (nSPS) is 18.1. The van der Waals surface area contributed by atoms with E-state index in [1.165, 1.54) is 17.5 Å². The van der Waals surface area contributed by atoms with Crippen molar-refractivity contribution >= 4 is 35.4 Å². The summed E-state index contributed by atoms with van der Waals surface area (Å²) in [5.41, 5.74) is 1.82. The second-order valence-corrected chi connectivity index (χ2v) is 9.44. The largest absolute Gasteiger partial charge is 0.497 e. The smallest absolute Gasteiger partial charge is 0.399 e. The minimum absolute atomic E-state index is 0.0418. The average Bonchev–Trinajstić information content (AvgIpc) is 3.11. The predicted molar refractivity (Wildman–Crippen MR) is 115 cm³/mol. The van der Waals surface area contributed by atoms with Gasteiger partial charge in [0.2, 0.25) is 0 Å². The van der Waals surface area contributed by atoms with Gasteiger partial charge in [-0.25, -0.2) is 0 Å². The van der Waals surface area contributed by atoms with E-state index in [1.54, 1.807) is 11.6 Å². The van der Waals surface area contributed by atoms with Gasteiger partial charge in [-0.05, 0) is 64.8 Å². The first kappa shape index (κ1) is 19.4. The van der Waals surface area contributed by atoms with E-state index in [9.17, 15) is 4.79 Å². The Hall–Kier alpha value is -1.96. The van der Waals surface area contributed by atoms with Crippen LogP contribution in [0.2, 0.25) is 0 Å². The molecule has 0 atom stereocenters. The van der Waals surface area contributed by atoms with Crippen molar-refractivity contribution in [3.05, 3.63) is 58.6 Å². The van der Waals surface area contributed by atoms with Crippen LogP contribution in [0.1, 0.15) is 33.3 Å². The fourth-order valence-corrected chi connectivity index (χ4v) is 4.18. The molecule has 3 heterocycles. The first-order valence-corrected chi connectivity index (χ1v) is 10.2. The molecule has 1 fully saturated rings. The van der Waals surface area contributed by atoms with Crippen molar-refractivity contribution in [1.82, 2.24) is 8.54 Å². The molecule has 5 nitrogen and oxygen atoms in total. The standard InChI is InChI=1S/C21H25BN2O3S/c1-14-7-9-15(10-8-14)28-24-12-11-16-17(13-23(6)19(25)18(16)24)22-26-20(2,3)21(4,5)27-22/h7-13H,1-6H3. The van der Waals surface area contributed by atoms with Crippen molar-refractivity contribution in [2.75, 3.05) is 0 Å². The molecule has 0 spiro atoms. The predicted octanol–water partition coefficient (Wildman–Crippen LogP) is 3.50. The lowest BCUT2D eigenvalue weighted by Gasteiger charge is -2.32. The molecule has 0 saturated carbocycles. The number of hydrogen-bond acceptors (Lipinski definition) is 4. The summed E-state index contributed by atoms with van der Waals surface area (Å²) in [4.78, 5) is 14.0. The topological polar surface area (TPSA) is 45.4 Å². The SMILES string of the molecule is Cc1ccc(Sn2ccc3c(B4OC(C)(C)C(C)(C)O4)cn(C)c(=O)c32)cc1. The van der Waals surface area contributed by atoms with Crippen LogP contribution in [0.4, 0.5) is 0 Å². The summed E-state index contributed by atoms with van der Waals surface area (Å²) in [6.45, 7) is 10.2. The maximum atomic E-state index is 12.9. The number of hydrogen-bond donors (Lipinski definition) is 0. The third kappa shape index (κ3) is 3.11. The summed E-state index contributed by atoms with van der Waals surface area (Å²) in [7, 11) is 1.25. The van der Waals surface area contributed by atoms with Gasteiger partial charge in [-0.15, -0.1) is 0 Å². The number of pyridine rings is 1. The molecule has 1 aliphatic heterocycles. The number of aryl methyl sites for hydroxylation is 2. The molecule has 0 radical (unpaired) electrons. The van der Waals surface area contributed by atoms with Crippen LogP contribution in [0.15, 0.2) is 52.4 Å². The zero-order chi connectivity index (χ0) is 20.3. The van der Waals surface area contributed by atoms with Crippen molar-refractivity contribution in [1.29, 1.82) is 0 Å². The highest BCUT2D eigenvalue weighted by Gasteiger charge is 2.52. The van der Waals surface area contributed by atoms with E-state index in [-0.39, 0.29) is 5.56 Å². The molecule has 0 bridgehead atoms. The highest BCUT2D eigenvalue weighted by atomic mass is 32.2. The highest BCUT2D eigenvalue weighted by molar-refractivity contribution is 7.98. The van der Waals surface area contributed by atoms with Crippen molar-refractivity contribution in [3.63, 3.8) is 0 Å².